The SMILES string of the molecule is Cc1c(F)ccc(N2CCN(CCCCOc3ccc4c(n3)NC(=O)CC4)CC2)c1Cl. The third-order valence-electron chi connectivity index (χ3n) is 5.96. The second-order valence-electron chi connectivity index (χ2n) is 8.10. The molecule has 2 aromatic rings. The summed E-state index contributed by atoms with van der Waals surface area (Å²) in [5.41, 5.74) is 2.49. The Morgan fingerprint density at radius 2 is 1.94 bits per heavy atom. The third-order valence-corrected chi connectivity index (χ3v) is 6.44. The van der Waals surface area contributed by atoms with Crippen molar-refractivity contribution in [2.45, 2.75) is 32.6 Å². The summed E-state index contributed by atoms with van der Waals surface area (Å²) in [5, 5.41) is 3.32. The van der Waals surface area contributed by atoms with Crippen LogP contribution in [0.15, 0.2) is 24.3 Å². The van der Waals surface area contributed by atoms with Crippen LogP contribution < -0.4 is 15.0 Å². The Balaban J connectivity index is 1.16. The highest BCUT2D eigenvalue weighted by atomic mass is 35.5. The Morgan fingerprint density at radius 1 is 1.13 bits per heavy atom. The normalized spacial score (nSPS) is 16.7. The second kappa shape index (κ2) is 9.83. The van der Waals surface area contributed by atoms with Crippen LogP contribution in [-0.4, -0.2) is 55.1 Å². The van der Waals surface area contributed by atoms with Crippen LogP contribution in [0.3, 0.4) is 0 Å². The van der Waals surface area contributed by atoms with E-state index >= 15 is 0 Å². The molecule has 1 saturated heterocycles. The molecule has 2 aliphatic heterocycles. The molecule has 1 fully saturated rings. The van der Waals surface area contributed by atoms with E-state index in [-0.39, 0.29) is 11.7 Å². The number of hydrogen-bond donors (Lipinski definition) is 1. The van der Waals surface area contributed by atoms with Gasteiger partial charge in [0.05, 0.1) is 17.3 Å². The number of hydrogen-bond acceptors (Lipinski definition) is 5. The molecule has 0 atom stereocenters. The summed E-state index contributed by atoms with van der Waals surface area (Å²) in [6.45, 7) is 7.01. The van der Waals surface area contributed by atoms with Crippen LogP contribution in [0.25, 0.3) is 0 Å². The molecule has 0 spiro atoms. The number of carbonyl (C=O) groups excluding carboxylic acids is 1. The number of unbranched alkanes of at least 4 members (excludes halogenated alkanes) is 1. The van der Waals surface area contributed by atoms with E-state index in [2.05, 4.69) is 20.1 Å². The zero-order valence-electron chi connectivity index (χ0n) is 17.8. The topological polar surface area (TPSA) is 57.7 Å². The number of anilines is 2. The number of nitrogens with one attached hydrogen (secondary N) is 1. The minimum absolute atomic E-state index is 0.00841. The number of ether oxygens (including phenoxy) is 1. The number of rotatable bonds is 7. The van der Waals surface area contributed by atoms with Crippen molar-refractivity contribution < 1.29 is 13.9 Å². The predicted octanol–water partition coefficient (Wildman–Crippen LogP) is 4.05. The van der Waals surface area contributed by atoms with Gasteiger partial charge in [-0.1, -0.05) is 11.6 Å². The van der Waals surface area contributed by atoms with Crippen LogP contribution in [0.2, 0.25) is 5.02 Å². The lowest BCUT2D eigenvalue weighted by Crippen LogP contribution is -2.46. The van der Waals surface area contributed by atoms with E-state index in [0.717, 1.165) is 63.2 Å². The van der Waals surface area contributed by atoms with Crippen LogP contribution in [0.4, 0.5) is 15.9 Å². The van der Waals surface area contributed by atoms with Gasteiger partial charge in [-0.3, -0.25) is 9.69 Å². The number of halogens is 2. The van der Waals surface area contributed by atoms with Gasteiger partial charge in [-0.15, -0.1) is 0 Å². The van der Waals surface area contributed by atoms with E-state index in [1.807, 2.05) is 12.1 Å². The third kappa shape index (κ3) is 5.28. The summed E-state index contributed by atoms with van der Waals surface area (Å²) in [4.78, 5) is 20.6. The zero-order chi connectivity index (χ0) is 21.8. The Morgan fingerprint density at radius 3 is 2.74 bits per heavy atom. The fraction of sp³-hybridized carbons (Fsp3) is 0.478. The van der Waals surface area contributed by atoms with Gasteiger partial charge in [0.1, 0.15) is 11.6 Å². The Labute approximate surface area is 187 Å². The van der Waals surface area contributed by atoms with Crippen molar-refractivity contribution in [2.75, 3.05) is 49.5 Å². The number of aryl methyl sites for hydroxylation is 1. The first-order valence-corrected chi connectivity index (χ1v) is 11.2. The molecule has 8 heteroatoms. The molecule has 0 unspecified atom stereocenters. The van der Waals surface area contributed by atoms with Crippen molar-refractivity contribution in [3.63, 3.8) is 0 Å². The van der Waals surface area contributed by atoms with Crippen LogP contribution in [0.5, 0.6) is 5.88 Å². The number of piperazine rings is 1. The lowest BCUT2D eigenvalue weighted by atomic mass is 10.1. The van der Waals surface area contributed by atoms with Gasteiger partial charge in [-0.25, -0.2) is 4.39 Å². The van der Waals surface area contributed by atoms with Gasteiger partial charge < -0.3 is 15.0 Å². The summed E-state index contributed by atoms with van der Waals surface area (Å²) in [5.74, 6) is 0.933. The number of aromatic nitrogens is 1. The van der Waals surface area contributed by atoms with Gasteiger partial charge >= 0.3 is 0 Å². The molecular weight excluding hydrogens is 419 g/mol. The maximum Gasteiger partial charge on any atom is 0.225 e. The molecule has 166 valence electrons. The molecule has 2 aliphatic rings. The summed E-state index contributed by atoms with van der Waals surface area (Å²) < 4.78 is 19.4. The second-order valence-corrected chi connectivity index (χ2v) is 8.47. The summed E-state index contributed by atoms with van der Waals surface area (Å²) in [6.07, 6.45) is 3.22. The number of benzene rings is 1. The summed E-state index contributed by atoms with van der Waals surface area (Å²) in [6, 6.07) is 7.12. The molecule has 1 aromatic carbocycles. The molecule has 3 heterocycles. The van der Waals surface area contributed by atoms with Crippen molar-refractivity contribution in [1.82, 2.24) is 9.88 Å². The number of pyridine rings is 1. The summed E-state index contributed by atoms with van der Waals surface area (Å²) >= 11 is 6.35. The molecule has 0 saturated carbocycles. The lowest BCUT2D eigenvalue weighted by Gasteiger charge is -2.36. The quantitative estimate of drug-likeness (QED) is 0.650. The van der Waals surface area contributed by atoms with E-state index in [1.165, 1.54) is 6.07 Å². The van der Waals surface area contributed by atoms with Gasteiger partial charge in [0.25, 0.3) is 0 Å². The maximum atomic E-state index is 13.6. The van der Waals surface area contributed by atoms with Gasteiger partial charge in [0.2, 0.25) is 11.8 Å². The Kier molecular flexibility index (Phi) is 6.92. The smallest absolute Gasteiger partial charge is 0.225 e. The number of nitrogens with zero attached hydrogens (tertiary/aromatic N) is 3. The predicted molar refractivity (Wildman–Crippen MR) is 121 cm³/mol. The number of carbonyl (C=O) groups is 1. The van der Waals surface area contributed by atoms with Crippen molar-refractivity contribution in [1.29, 1.82) is 0 Å². The van der Waals surface area contributed by atoms with Crippen molar-refractivity contribution in [3.8, 4) is 5.88 Å². The maximum absolute atomic E-state index is 13.6. The van der Waals surface area contributed by atoms with Gasteiger partial charge in [0.15, 0.2) is 0 Å². The standard InChI is InChI=1S/C23H28ClFN4O2/c1-16-18(25)6-7-19(22(16)24)29-13-11-28(12-14-29)10-2-3-15-31-21-9-5-17-4-8-20(30)26-23(17)27-21/h5-7,9H,2-4,8,10-15H2,1H3,(H,26,27,30). The van der Waals surface area contributed by atoms with Crippen LogP contribution in [-0.2, 0) is 11.2 Å². The number of amides is 1. The lowest BCUT2D eigenvalue weighted by molar-refractivity contribution is -0.116. The molecule has 31 heavy (non-hydrogen) atoms. The molecule has 0 radical (unpaired) electrons. The number of fused-ring (bicyclic) bond motifs is 1. The zero-order valence-corrected chi connectivity index (χ0v) is 18.6. The minimum atomic E-state index is -0.259. The molecule has 0 aliphatic carbocycles. The van der Waals surface area contributed by atoms with E-state index in [0.29, 0.717) is 35.3 Å². The highest BCUT2D eigenvalue weighted by Crippen LogP contribution is 2.31. The first kappa shape index (κ1) is 21.8. The fourth-order valence-electron chi connectivity index (χ4n) is 4.02. The van der Waals surface area contributed by atoms with Gasteiger partial charge in [-0.2, -0.15) is 4.98 Å². The monoisotopic (exact) mass is 446 g/mol. The highest BCUT2D eigenvalue weighted by Gasteiger charge is 2.20. The van der Waals surface area contributed by atoms with Crippen molar-refractivity contribution in [2.24, 2.45) is 0 Å². The molecule has 1 N–H and O–H groups in total. The fourth-order valence-corrected chi connectivity index (χ4v) is 4.29. The largest absolute Gasteiger partial charge is 0.478 e. The first-order chi connectivity index (χ1) is 15.0. The molecule has 0 bridgehead atoms. The molecule has 4 rings (SSSR count). The molecule has 1 amide bonds. The Hall–Kier alpha value is -2.38. The van der Waals surface area contributed by atoms with Crippen molar-refractivity contribution >= 4 is 29.0 Å². The highest BCUT2D eigenvalue weighted by molar-refractivity contribution is 6.34. The summed E-state index contributed by atoms with van der Waals surface area (Å²) in [7, 11) is 0. The molecular formula is C23H28ClFN4O2. The molecule has 1 aromatic heterocycles. The van der Waals surface area contributed by atoms with Gasteiger partial charge in [0, 0.05) is 44.2 Å². The van der Waals surface area contributed by atoms with E-state index in [9.17, 15) is 9.18 Å². The van der Waals surface area contributed by atoms with Crippen LogP contribution in [0, 0.1) is 12.7 Å². The Bertz CT molecular complexity index is 947. The van der Waals surface area contributed by atoms with E-state index in [4.69, 9.17) is 16.3 Å². The van der Waals surface area contributed by atoms with Gasteiger partial charge in [-0.05, 0) is 56.5 Å². The van der Waals surface area contributed by atoms with Crippen LogP contribution >= 0.6 is 11.6 Å². The van der Waals surface area contributed by atoms with Crippen molar-refractivity contribution in [3.05, 3.63) is 46.2 Å². The van der Waals surface area contributed by atoms with E-state index < -0.39 is 0 Å². The average Bonchev–Trinajstić information content (AvgIpc) is 2.78. The minimum Gasteiger partial charge on any atom is -0.478 e. The molecule has 6 nitrogen and oxygen atoms in total. The average molecular weight is 447 g/mol. The first-order valence-electron chi connectivity index (χ1n) is 10.9. The van der Waals surface area contributed by atoms with Crippen LogP contribution in [0.1, 0.15) is 30.4 Å². The van der Waals surface area contributed by atoms with E-state index in [1.54, 1.807) is 13.0 Å².